The fourth-order valence-electron chi connectivity index (χ4n) is 6.03. The Balaban J connectivity index is 1.41. The third kappa shape index (κ3) is 3.24. The van der Waals surface area contributed by atoms with Crippen molar-refractivity contribution < 1.29 is 9.59 Å². The van der Waals surface area contributed by atoms with Gasteiger partial charge >= 0.3 is 11.8 Å². The number of amides is 2. The van der Waals surface area contributed by atoms with Crippen LogP contribution in [0.1, 0.15) is 51.0 Å². The van der Waals surface area contributed by atoms with Crippen LogP contribution in [0.3, 0.4) is 0 Å². The van der Waals surface area contributed by atoms with Gasteiger partial charge in [-0.05, 0) is 93.2 Å². The third-order valence-corrected chi connectivity index (χ3v) is 7.24. The lowest BCUT2D eigenvalue weighted by atomic mass is 9.48. The summed E-state index contributed by atoms with van der Waals surface area (Å²) >= 11 is 5.99. The molecule has 2 amide bonds. The van der Waals surface area contributed by atoms with E-state index in [1.807, 2.05) is 13.0 Å². The van der Waals surface area contributed by atoms with E-state index in [9.17, 15) is 9.59 Å². The van der Waals surface area contributed by atoms with Gasteiger partial charge in [0, 0.05) is 16.8 Å². The summed E-state index contributed by atoms with van der Waals surface area (Å²) in [5.74, 6) is 1.30. The lowest BCUT2D eigenvalue weighted by molar-refractivity contribution is -0.138. The lowest BCUT2D eigenvalue weighted by Crippen LogP contribution is -2.57. The summed E-state index contributed by atoms with van der Waals surface area (Å²) < 4.78 is 0. The second-order valence-electron chi connectivity index (χ2n) is 8.89. The molecule has 0 saturated heterocycles. The summed E-state index contributed by atoms with van der Waals surface area (Å²) in [6.45, 7) is 3.96. The fraction of sp³-hybridized carbons (Fsp3) is 0.619. The van der Waals surface area contributed by atoms with Gasteiger partial charge < -0.3 is 10.6 Å². The van der Waals surface area contributed by atoms with E-state index in [0.717, 1.165) is 23.3 Å². The van der Waals surface area contributed by atoms with E-state index >= 15 is 0 Å². The number of carbonyl (C=O) groups is 2. The Kier molecular flexibility index (Phi) is 4.50. The molecule has 5 rings (SSSR count). The average molecular weight is 375 g/mol. The van der Waals surface area contributed by atoms with Crippen molar-refractivity contribution in [2.24, 2.45) is 23.2 Å². The van der Waals surface area contributed by atoms with Crippen LogP contribution in [0.15, 0.2) is 18.2 Å². The van der Waals surface area contributed by atoms with Crippen LogP contribution in [0.4, 0.5) is 5.69 Å². The zero-order chi connectivity index (χ0) is 18.5. The summed E-state index contributed by atoms with van der Waals surface area (Å²) in [4.78, 5) is 24.9. The summed E-state index contributed by atoms with van der Waals surface area (Å²) in [5, 5.41) is 6.24. The van der Waals surface area contributed by atoms with Crippen LogP contribution in [-0.4, -0.2) is 17.9 Å². The molecule has 1 aromatic carbocycles. The zero-order valence-corrected chi connectivity index (χ0v) is 16.2. The molecule has 4 fully saturated rings. The highest BCUT2D eigenvalue weighted by molar-refractivity contribution is 6.40. The number of nitrogens with one attached hydrogen (secondary N) is 2. The van der Waals surface area contributed by atoms with Gasteiger partial charge in [-0.2, -0.15) is 0 Å². The van der Waals surface area contributed by atoms with Crippen LogP contribution in [0, 0.1) is 30.1 Å². The fourth-order valence-corrected chi connectivity index (χ4v) is 6.20. The largest absolute Gasteiger partial charge is 0.345 e. The lowest BCUT2D eigenvalue weighted by Gasteiger charge is -2.59. The number of halogens is 1. The molecule has 0 spiro atoms. The third-order valence-electron chi connectivity index (χ3n) is 7.01. The van der Waals surface area contributed by atoms with Crippen molar-refractivity contribution in [3.63, 3.8) is 0 Å². The number of benzene rings is 1. The smallest absolute Gasteiger partial charge is 0.313 e. The molecule has 0 aromatic heterocycles. The SMILES string of the molecule is Cc1ccc(Cl)cc1NC(=O)C(=O)NC(C)C12CC3CC(CC(C3)C1)C2. The molecule has 0 heterocycles. The van der Waals surface area contributed by atoms with Gasteiger partial charge in [0.05, 0.1) is 0 Å². The maximum absolute atomic E-state index is 12.5. The summed E-state index contributed by atoms with van der Waals surface area (Å²) in [6.07, 6.45) is 7.72. The van der Waals surface area contributed by atoms with Crippen LogP contribution >= 0.6 is 11.6 Å². The molecule has 4 aliphatic carbocycles. The van der Waals surface area contributed by atoms with E-state index in [1.165, 1.54) is 38.5 Å². The van der Waals surface area contributed by atoms with E-state index in [-0.39, 0.29) is 11.5 Å². The van der Waals surface area contributed by atoms with Crippen LogP contribution in [0.25, 0.3) is 0 Å². The summed E-state index contributed by atoms with van der Waals surface area (Å²) in [5.41, 5.74) is 1.65. The predicted molar refractivity (Wildman–Crippen MR) is 103 cm³/mol. The van der Waals surface area contributed by atoms with Crippen molar-refractivity contribution in [2.45, 2.75) is 58.4 Å². The Bertz CT molecular complexity index is 710. The van der Waals surface area contributed by atoms with Gasteiger partial charge in [0.25, 0.3) is 0 Å². The molecule has 1 aromatic rings. The molecule has 0 aliphatic heterocycles. The molecule has 5 heteroatoms. The van der Waals surface area contributed by atoms with Crippen molar-refractivity contribution in [2.75, 3.05) is 5.32 Å². The first-order chi connectivity index (χ1) is 12.3. The summed E-state index contributed by atoms with van der Waals surface area (Å²) in [7, 11) is 0. The molecule has 1 unspecified atom stereocenters. The number of carbonyl (C=O) groups excluding carboxylic acids is 2. The Morgan fingerprint density at radius 2 is 1.65 bits per heavy atom. The van der Waals surface area contributed by atoms with E-state index in [2.05, 4.69) is 17.6 Å². The Morgan fingerprint density at radius 1 is 1.08 bits per heavy atom. The van der Waals surface area contributed by atoms with E-state index in [4.69, 9.17) is 11.6 Å². The molecular formula is C21H27ClN2O2. The molecular weight excluding hydrogens is 348 g/mol. The van der Waals surface area contributed by atoms with Gasteiger partial charge in [0.15, 0.2) is 0 Å². The van der Waals surface area contributed by atoms with Crippen molar-refractivity contribution in [3.05, 3.63) is 28.8 Å². The second-order valence-corrected chi connectivity index (χ2v) is 9.32. The highest BCUT2D eigenvalue weighted by Crippen LogP contribution is 2.61. The minimum absolute atomic E-state index is 0.0367. The van der Waals surface area contributed by atoms with Crippen molar-refractivity contribution in [1.82, 2.24) is 5.32 Å². The molecule has 4 saturated carbocycles. The molecule has 1 atom stereocenters. The number of aryl methyl sites for hydroxylation is 1. The average Bonchev–Trinajstić information content (AvgIpc) is 2.56. The topological polar surface area (TPSA) is 58.2 Å². The number of anilines is 1. The molecule has 4 aliphatic rings. The van der Waals surface area contributed by atoms with Crippen molar-refractivity contribution in [1.29, 1.82) is 0 Å². The van der Waals surface area contributed by atoms with E-state index in [0.29, 0.717) is 10.7 Å². The van der Waals surface area contributed by atoms with Gasteiger partial charge in [-0.15, -0.1) is 0 Å². The Hall–Kier alpha value is -1.55. The van der Waals surface area contributed by atoms with Gasteiger partial charge in [0.1, 0.15) is 0 Å². The first-order valence-corrected chi connectivity index (χ1v) is 10.1. The minimum atomic E-state index is -0.619. The highest BCUT2D eigenvalue weighted by atomic mass is 35.5. The van der Waals surface area contributed by atoms with E-state index in [1.54, 1.807) is 12.1 Å². The van der Waals surface area contributed by atoms with Gasteiger partial charge in [-0.3, -0.25) is 9.59 Å². The molecule has 4 nitrogen and oxygen atoms in total. The minimum Gasteiger partial charge on any atom is -0.345 e. The van der Waals surface area contributed by atoms with Crippen LogP contribution in [0.5, 0.6) is 0 Å². The van der Waals surface area contributed by atoms with Crippen LogP contribution in [-0.2, 0) is 9.59 Å². The number of hydrogen-bond acceptors (Lipinski definition) is 2. The summed E-state index contributed by atoms with van der Waals surface area (Å²) in [6, 6.07) is 5.30. The number of hydrogen-bond donors (Lipinski definition) is 2. The van der Waals surface area contributed by atoms with Crippen LogP contribution in [0.2, 0.25) is 5.02 Å². The maximum Gasteiger partial charge on any atom is 0.313 e. The zero-order valence-electron chi connectivity index (χ0n) is 15.5. The van der Waals surface area contributed by atoms with Crippen molar-refractivity contribution >= 4 is 29.1 Å². The molecule has 26 heavy (non-hydrogen) atoms. The molecule has 140 valence electrons. The monoisotopic (exact) mass is 374 g/mol. The molecule has 2 N–H and O–H groups in total. The Morgan fingerprint density at radius 3 is 2.23 bits per heavy atom. The molecule has 0 radical (unpaired) electrons. The van der Waals surface area contributed by atoms with Crippen LogP contribution < -0.4 is 10.6 Å². The van der Waals surface area contributed by atoms with E-state index < -0.39 is 11.8 Å². The second kappa shape index (κ2) is 6.56. The van der Waals surface area contributed by atoms with Gasteiger partial charge in [0.2, 0.25) is 0 Å². The molecule has 4 bridgehead atoms. The number of rotatable bonds is 3. The standard InChI is InChI=1S/C21H27ClN2O2/c1-12-3-4-17(22)8-18(12)24-20(26)19(25)23-13(2)21-9-14-5-15(10-21)7-16(6-14)11-21/h3-4,8,13-16H,5-7,9-11H2,1-2H3,(H,23,25)(H,24,26). The predicted octanol–water partition coefficient (Wildman–Crippen LogP) is 4.31. The highest BCUT2D eigenvalue weighted by Gasteiger charge is 2.53. The van der Waals surface area contributed by atoms with Gasteiger partial charge in [-0.25, -0.2) is 0 Å². The first kappa shape index (κ1) is 17.8. The van der Waals surface area contributed by atoms with Crippen molar-refractivity contribution in [3.8, 4) is 0 Å². The maximum atomic E-state index is 12.5. The normalized spacial score (nSPS) is 33.0. The first-order valence-electron chi connectivity index (χ1n) is 9.72. The quantitative estimate of drug-likeness (QED) is 0.774. The Labute approximate surface area is 160 Å². The van der Waals surface area contributed by atoms with Gasteiger partial charge in [-0.1, -0.05) is 17.7 Å².